The maximum absolute atomic E-state index is 6.02. The van der Waals surface area contributed by atoms with Gasteiger partial charge in [0.25, 0.3) is 0 Å². The molecule has 0 aromatic heterocycles. The van der Waals surface area contributed by atoms with Crippen molar-refractivity contribution in [2.45, 2.75) is 13.0 Å². The molecule has 2 aromatic rings. The van der Waals surface area contributed by atoms with Crippen molar-refractivity contribution >= 4 is 46.2 Å². The largest absolute Gasteiger partial charge is 0.344 e. The Morgan fingerprint density at radius 3 is 2.57 bits per heavy atom. The van der Waals surface area contributed by atoms with Gasteiger partial charge in [0.2, 0.25) is 0 Å². The summed E-state index contributed by atoms with van der Waals surface area (Å²) >= 11 is 17.4. The number of hydrogen-bond acceptors (Lipinski definition) is 1. The highest BCUT2D eigenvalue weighted by molar-refractivity contribution is 7.80. The predicted molar refractivity (Wildman–Crippen MR) is 93.2 cm³/mol. The van der Waals surface area contributed by atoms with Crippen molar-refractivity contribution in [2.75, 3.05) is 11.9 Å². The van der Waals surface area contributed by atoms with Crippen molar-refractivity contribution in [3.05, 3.63) is 63.6 Å². The van der Waals surface area contributed by atoms with Gasteiger partial charge < -0.3 is 10.2 Å². The Labute approximate surface area is 139 Å². The molecule has 0 amide bonds. The maximum atomic E-state index is 6.02. The first-order valence-electron chi connectivity index (χ1n) is 6.71. The molecule has 0 atom stereocenters. The van der Waals surface area contributed by atoms with Crippen LogP contribution in [0.3, 0.4) is 0 Å². The van der Waals surface area contributed by atoms with Gasteiger partial charge in [0, 0.05) is 18.8 Å². The van der Waals surface area contributed by atoms with Crippen LogP contribution in [0.1, 0.15) is 11.1 Å². The molecular formula is C16H14Cl2N2S. The first-order valence-corrected chi connectivity index (χ1v) is 7.87. The average Bonchev–Trinajstić information content (AvgIpc) is 2.50. The number of benzene rings is 2. The van der Waals surface area contributed by atoms with Gasteiger partial charge in [0.05, 0.1) is 10.0 Å². The molecule has 21 heavy (non-hydrogen) atoms. The molecule has 2 nitrogen and oxygen atoms in total. The number of hydrogen-bond donors (Lipinski definition) is 1. The van der Waals surface area contributed by atoms with Crippen molar-refractivity contribution in [1.29, 1.82) is 0 Å². The lowest BCUT2D eigenvalue weighted by molar-refractivity contribution is 0.399. The van der Waals surface area contributed by atoms with Gasteiger partial charge in [-0.2, -0.15) is 0 Å². The zero-order chi connectivity index (χ0) is 14.8. The van der Waals surface area contributed by atoms with Crippen LogP contribution in [-0.2, 0) is 13.0 Å². The molecule has 1 N–H and O–H groups in total. The third kappa shape index (κ3) is 3.31. The van der Waals surface area contributed by atoms with Crippen LogP contribution in [0.4, 0.5) is 5.69 Å². The summed E-state index contributed by atoms with van der Waals surface area (Å²) in [5.74, 6) is 0. The van der Waals surface area contributed by atoms with Crippen molar-refractivity contribution < 1.29 is 0 Å². The van der Waals surface area contributed by atoms with Crippen LogP contribution in [0.15, 0.2) is 42.5 Å². The standard InChI is InChI=1S/C16H14Cl2N2S/c17-14-6-5-13(9-15(14)18)19-16(21)20-8-7-11-3-1-2-4-12(11)10-20/h1-6,9H,7-8,10H2,(H,19,21). The summed E-state index contributed by atoms with van der Waals surface area (Å²) in [5, 5.41) is 5.00. The average molecular weight is 337 g/mol. The normalized spacial score (nSPS) is 13.7. The fraction of sp³-hybridized carbons (Fsp3) is 0.188. The Kier molecular flexibility index (Phi) is 4.34. The number of anilines is 1. The lowest BCUT2D eigenvalue weighted by atomic mass is 10.0. The number of halogens is 2. The molecule has 0 radical (unpaired) electrons. The van der Waals surface area contributed by atoms with Crippen LogP contribution in [0.5, 0.6) is 0 Å². The Bertz CT molecular complexity index is 688. The molecule has 1 heterocycles. The molecule has 1 aliphatic rings. The van der Waals surface area contributed by atoms with E-state index in [0.29, 0.717) is 15.2 Å². The van der Waals surface area contributed by atoms with Gasteiger partial charge in [0.1, 0.15) is 0 Å². The van der Waals surface area contributed by atoms with Gasteiger partial charge in [0.15, 0.2) is 5.11 Å². The third-order valence-electron chi connectivity index (χ3n) is 3.59. The predicted octanol–water partition coefficient (Wildman–Crippen LogP) is 4.75. The van der Waals surface area contributed by atoms with E-state index in [1.807, 2.05) is 6.07 Å². The lowest BCUT2D eigenvalue weighted by Gasteiger charge is -2.31. The fourth-order valence-electron chi connectivity index (χ4n) is 2.45. The molecule has 0 aliphatic carbocycles. The molecule has 3 rings (SSSR count). The van der Waals surface area contributed by atoms with Crippen LogP contribution < -0.4 is 5.32 Å². The number of rotatable bonds is 1. The molecule has 0 fully saturated rings. The Hall–Kier alpha value is -1.29. The van der Waals surface area contributed by atoms with Crippen LogP contribution in [-0.4, -0.2) is 16.6 Å². The summed E-state index contributed by atoms with van der Waals surface area (Å²) in [4.78, 5) is 2.17. The summed E-state index contributed by atoms with van der Waals surface area (Å²) in [5.41, 5.74) is 3.60. The Morgan fingerprint density at radius 1 is 1.05 bits per heavy atom. The number of thiocarbonyl (C=S) groups is 1. The molecule has 0 unspecified atom stereocenters. The highest BCUT2D eigenvalue weighted by Crippen LogP contribution is 2.26. The molecule has 2 aromatic carbocycles. The van der Waals surface area contributed by atoms with E-state index >= 15 is 0 Å². The first kappa shape index (κ1) is 14.6. The monoisotopic (exact) mass is 336 g/mol. The molecule has 0 saturated heterocycles. The van der Waals surface area contributed by atoms with E-state index in [9.17, 15) is 0 Å². The minimum Gasteiger partial charge on any atom is -0.344 e. The summed E-state index contributed by atoms with van der Waals surface area (Å²) in [6.07, 6.45) is 1.01. The van der Waals surface area contributed by atoms with Crippen LogP contribution in [0.2, 0.25) is 10.0 Å². The van der Waals surface area contributed by atoms with Crippen molar-refractivity contribution in [2.24, 2.45) is 0 Å². The van der Waals surface area contributed by atoms with Crippen molar-refractivity contribution in [1.82, 2.24) is 4.90 Å². The van der Waals surface area contributed by atoms with Crippen molar-refractivity contribution in [3.8, 4) is 0 Å². The quantitative estimate of drug-likeness (QED) is 0.756. The zero-order valence-electron chi connectivity index (χ0n) is 11.3. The minimum atomic E-state index is 0.522. The summed E-state index contributed by atoms with van der Waals surface area (Å²) in [6.45, 7) is 1.76. The van der Waals surface area contributed by atoms with Gasteiger partial charge in [-0.05, 0) is 48.0 Å². The van der Waals surface area contributed by atoms with E-state index in [1.165, 1.54) is 11.1 Å². The number of nitrogens with one attached hydrogen (secondary N) is 1. The number of nitrogens with zero attached hydrogens (tertiary/aromatic N) is 1. The van der Waals surface area contributed by atoms with Crippen LogP contribution in [0, 0.1) is 0 Å². The third-order valence-corrected chi connectivity index (χ3v) is 4.69. The topological polar surface area (TPSA) is 15.3 Å². The van der Waals surface area contributed by atoms with E-state index in [2.05, 4.69) is 34.5 Å². The van der Waals surface area contributed by atoms with E-state index in [0.717, 1.165) is 25.2 Å². The molecule has 0 saturated carbocycles. The summed E-state index contributed by atoms with van der Waals surface area (Å²) < 4.78 is 0. The summed E-state index contributed by atoms with van der Waals surface area (Å²) in [7, 11) is 0. The highest BCUT2D eigenvalue weighted by atomic mass is 35.5. The fourth-order valence-corrected chi connectivity index (χ4v) is 3.02. The van der Waals surface area contributed by atoms with Crippen molar-refractivity contribution in [3.63, 3.8) is 0 Å². The zero-order valence-corrected chi connectivity index (χ0v) is 13.6. The summed E-state index contributed by atoms with van der Waals surface area (Å²) in [6, 6.07) is 13.9. The van der Waals surface area contributed by atoms with Crippen LogP contribution >= 0.6 is 35.4 Å². The second-order valence-electron chi connectivity index (χ2n) is 5.00. The maximum Gasteiger partial charge on any atom is 0.173 e. The Morgan fingerprint density at radius 2 is 1.81 bits per heavy atom. The molecule has 0 spiro atoms. The first-order chi connectivity index (χ1) is 10.1. The van der Waals surface area contributed by atoms with E-state index in [1.54, 1.807) is 12.1 Å². The highest BCUT2D eigenvalue weighted by Gasteiger charge is 2.18. The van der Waals surface area contributed by atoms with Gasteiger partial charge in [-0.3, -0.25) is 0 Å². The molecule has 0 bridgehead atoms. The second-order valence-corrected chi connectivity index (χ2v) is 6.20. The van der Waals surface area contributed by atoms with Crippen LogP contribution in [0.25, 0.3) is 0 Å². The van der Waals surface area contributed by atoms with Gasteiger partial charge in [-0.15, -0.1) is 0 Å². The molecule has 108 valence electrons. The number of fused-ring (bicyclic) bond motifs is 1. The van der Waals surface area contributed by atoms with E-state index in [4.69, 9.17) is 35.4 Å². The SMILES string of the molecule is S=C(Nc1ccc(Cl)c(Cl)c1)N1CCc2ccccc2C1. The lowest BCUT2D eigenvalue weighted by Crippen LogP contribution is -2.38. The second kappa shape index (κ2) is 6.22. The Balaban J connectivity index is 1.70. The molecule has 1 aliphatic heterocycles. The smallest absolute Gasteiger partial charge is 0.173 e. The minimum absolute atomic E-state index is 0.522. The van der Waals surface area contributed by atoms with Gasteiger partial charge in [-0.1, -0.05) is 47.5 Å². The van der Waals surface area contributed by atoms with E-state index < -0.39 is 0 Å². The molecular weight excluding hydrogens is 323 g/mol. The molecule has 5 heteroatoms. The van der Waals surface area contributed by atoms with E-state index in [-0.39, 0.29) is 0 Å². The van der Waals surface area contributed by atoms with Gasteiger partial charge in [-0.25, -0.2) is 0 Å². The van der Waals surface area contributed by atoms with Gasteiger partial charge >= 0.3 is 0 Å².